The molecule has 0 radical (unpaired) electrons. The third-order valence-corrected chi connectivity index (χ3v) is 4.07. The summed E-state index contributed by atoms with van der Waals surface area (Å²) in [5.74, 6) is 0.306. The van der Waals surface area contributed by atoms with Crippen molar-refractivity contribution in [2.24, 2.45) is 0 Å². The first-order chi connectivity index (χ1) is 12.1. The Bertz CT molecular complexity index is 1050. The molecule has 0 saturated carbocycles. The topological polar surface area (TPSA) is 93.0 Å². The molecule has 122 valence electrons. The molecule has 0 unspecified atom stereocenters. The molecule has 0 saturated heterocycles. The fraction of sp³-hybridized carbons (Fsp3) is 0.100. The molecule has 0 aliphatic rings. The predicted octanol–water partition coefficient (Wildman–Crippen LogP) is 4.17. The van der Waals surface area contributed by atoms with E-state index in [2.05, 4.69) is 0 Å². The van der Waals surface area contributed by atoms with E-state index in [-0.39, 0.29) is 17.1 Å². The second kappa shape index (κ2) is 6.43. The Kier molecular flexibility index (Phi) is 4.16. The molecule has 1 aromatic heterocycles. The van der Waals surface area contributed by atoms with E-state index in [1.807, 2.05) is 23.6 Å². The van der Waals surface area contributed by atoms with Gasteiger partial charge in [0, 0.05) is 23.6 Å². The van der Waals surface area contributed by atoms with Crippen LogP contribution in [0.1, 0.15) is 12.5 Å². The van der Waals surface area contributed by atoms with Gasteiger partial charge in [-0.05, 0) is 55.0 Å². The zero-order chi connectivity index (χ0) is 18.0. The minimum atomic E-state index is 0.00302. The van der Waals surface area contributed by atoms with E-state index in [1.54, 1.807) is 48.5 Å². The van der Waals surface area contributed by atoms with Crippen LogP contribution in [-0.4, -0.2) is 14.8 Å². The lowest BCUT2D eigenvalue weighted by atomic mass is 10.0. The van der Waals surface area contributed by atoms with Crippen molar-refractivity contribution in [1.82, 2.24) is 4.57 Å². The van der Waals surface area contributed by atoms with E-state index in [0.29, 0.717) is 6.54 Å². The lowest BCUT2D eigenvalue weighted by Gasteiger charge is -2.09. The molecule has 3 rings (SSSR count). The Morgan fingerprint density at radius 2 is 1.68 bits per heavy atom. The van der Waals surface area contributed by atoms with Gasteiger partial charge in [-0.1, -0.05) is 0 Å². The van der Waals surface area contributed by atoms with Gasteiger partial charge >= 0.3 is 0 Å². The number of rotatable bonds is 3. The van der Waals surface area contributed by atoms with Crippen LogP contribution in [-0.2, 0) is 6.54 Å². The largest absolute Gasteiger partial charge is 0.508 e. The minimum Gasteiger partial charge on any atom is -0.508 e. The fourth-order valence-corrected chi connectivity index (χ4v) is 3.00. The summed E-state index contributed by atoms with van der Waals surface area (Å²) in [5, 5.41) is 38.6. The third kappa shape index (κ3) is 2.80. The summed E-state index contributed by atoms with van der Waals surface area (Å²) in [7, 11) is 0. The number of fused-ring (bicyclic) bond motifs is 1. The summed E-state index contributed by atoms with van der Waals surface area (Å²) in [6, 6.07) is 15.6. The van der Waals surface area contributed by atoms with E-state index < -0.39 is 0 Å². The summed E-state index contributed by atoms with van der Waals surface area (Å²) in [4.78, 5) is 0. The number of nitrogens with zero attached hydrogens (tertiary/aromatic N) is 3. The Balaban J connectivity index is 2.44. The Hall–Kier alpha value is -3.70. The number of aromatic nitrogens is 1. The molecule has 0 spiro atoms. The second-order valence-electron chi connectivity index (χ2n) is 5.54. The number of nitriles is 2. The molecular formula is C20H15N3O2. The summed E-state index contributed by atoms with van der Waals surface area (Å²) in [6.45, 7) is 2.62. The van der Waals surface area contributed by atoms with Gasteiger partial charge in [-0.3, -0.25) is 0 Å². The smallest absolute Gasteiger partial charge is 0.130 e. The van der Waals surface area contributed by atoms with Crippen molar-refractivity contribution in [1.29, 1.82) is 10.5 Å². The quantitative estimate of drug-likeness (QED) is 0.705. The molecule has 1 heterocycles. The summed E-state index contributed by atoms with van der Waals surface area (Å²) in [5.41, 5.74) is 3.22. The van der Waals surface area contributed by atoms with E-state index in [9.17, 15) is 10.2 Å². The molecule has 0 atom stereocenters. The van der Waals surface area contributed by atoms with Gasteiger partial charge in [-0.25, -0.2) is 0 Å². The molecule has 0 bridgehead atoms. The van der Waals surface area contributed by atoms with Gasteiger partial charge in [0.05, 0.1) is 11.2 Å². The van der Waals surface area contributed by atoms with Crippen LogP contribution in [0.5, 0.6) is 11.5 Å². The highest BCUT2D eigenvalue weighted by atomic mass is 16.3. The molecule has 5 heteroatoms. The maximum atomic E-state index is 9.87. The van der Waals surface area contributed by atoms with Crippen LogP contribution in [0.3, 0.4) is 0 Å². The lowest BCUT2D eigenvalue weighted by Crippen LogP contribution is -1.97. The highest BCUT2D eigenvalue weighted by Gasteiger charge is 2.17. The van der Waals surface area contributed by atoms with Crippen molar-refractivity contribution >= 4 is 17.0 Å². The van der Waals surface area contributed by atoms with Crippen LogP contribution in [0.2, 0.25) is 0 Å². The molecule has 5 nitrogen and oxygen atoms in total. The van der Waals surface area contributed by atoms with Crippen LogP contribution in [0.25, 0.3) is 28.2 Å². The normalized spacial score (nSPS) is 10.2. The average Bonchev–Trinajstić information content (AvgIpc) is 2.92. The summed E-state index contributed by atoms with van der Waals surface area (Å²) in [6.07, 6.45) is 1.56. The molecule has 2 aromatic carbocycles. The molecule has 3 aromatic rings. The molecular weight excluding hydrogens is 314 g/mol. The van der Waals surface area contributed by atoms with Crippen molar-refractivity contribution < 1.29 is 10.2 Å². The molecule has 2 N–H and O–H groups in total. The maximum absolute atomic E-state index is 9.87. The zero-order valence-corrected chi connectivity index (χ0v) is 13.6. The zero-order valence-electron chi connectivity index (χ0n) is 13.6. The van der Waals surface area contributed by atoms with Crippen LogP contribution in [0.4, 0.5) is 0 Å². The number of hydrogen-bond donors (Lipinski definition) is 2. The minimum absolute atomic E-state index is 0.00302. The Morgan fingerprint density at radius 3 is 2.28 bits per heavy atom. The van der Waals surface area contributed by atoms with Gasteiger partial charge in [0.2, 0.25) is 0 Å². The van der Waals surface area contributed by atoms with E-state index >= 15 is 0 Å². The van der Waals surface area contributed by atoms with E-state index in [1.165, 1.54) is 0 Å². The predicted molar refractivity (Wildman–Crippen MR) is 95.6 cm³/mol. The summed E-state index contributed by atoms with van der Waals surface area (Å²) >= 11 is 0. The van der Waals surface area contributed by atoms with Crippen molar-refractivity contribution in [2.75, 3.05) is 0 Å². The summed E-state index contributed by atoms with van der Waals surface area (Å²) < 4.78 is 2.01. The highest BCUT2D eigenvalue weighted by Crippen LogP contribution is 2.37. The highest BCUT2D eigenvalue weighted by molar-refractivity contribution is 5.99. The molecule has 0 aliphatic carbocycles. The maximum Gasteiger partial charge on any atom is 0.130 e. The SMILES string of the molecule is CCn1c(-c2ccc(O)cc2)c(C=C(C#N)C#N)c2ccc(O)cc21. The number of aromatic hydroxyl groups is 2. The Morgan fingerprint density at radius 1 is 1.04 bits per heavy atom. The molecule has 25 heavy (non-hydrogen) atoms. The number of phenols is 2. The first kappa shape index (κ1) is 16.2. The first-order valence-electron chi connectivity index (χ1n) is 7.75. The first-order valence-corrected chi connectivity index (χ1v) is 7.75. The van der Waals surface area contributed by atoms with Crippen LogP contribution < -0.4 is 0 Å². The van der Waals surface area contributed by atoms with Crippen molar-refractivity contribution in [3.8, 4) is 34.9 Å². The number of allylic oxidation sites excluding steroid dienone is 1. The second-order valence-corrected chi connectivity index (χ2v) is 5.54. The molecule has 0 aliphatic heterocycles. The van der Waals surface area contributed by atoms with Gasteiger partial charge in [0.15, 0.2) is 0 Å². The molecule has 0 amide bonds. The monoisotopic (exact) mass is 329 g/mol. The van der Waals surface area contributed by atoms with Crippen LogP contribution >= 0.6 is 0 Å². The van der Waals surface area contributed by atoms with Crippen LogP contribution in [0, 0.1) is 22.7 Å². The third-order valence-electron chi connectivity index (χ3n) is 4.07. The number of benzene rings is 2. The van der Waals surface area contributed by atoms with Gasteiger partial charge in [-0.15, -0.1) is 0 Å². The van der Waals surface area contributed by atoms with Crippen molar-refractivity contribution in [3.63, 3.8) is 0 Å². The fourth-order valence-electron chi connectivity index (χ4n) is 3.00. The van der Waals surface area contributed by atoms with Crippen LogP contribution in [0.15, 0.2) is 48.0 Å². The molecule has 0 fully saturated rings. The lowest BCUT2D eigenvalue weighted by molar-refractivity contribution is 0.475. The number of aryl methyl sites for hydroxylation is 1. The van der Waals surface area contributed by atoms with E-state index in [0.717, 1.165) is 27.7 Å². The van der Waals surface area contributed by atoms with Gasteiger partial charge < -0.3 is 14.8 Å². The van der Waals surface area contributed by atoms with Crippen molar-refractivity contribution in [2.45, 2.75) is 13.5 Å². The van der Waals surface area contributed by atoms with Crippen molar-refractivity contribution in [3.05, 3.63) is 53.6 Å². The number of phenolic OH excluding ortho intramolecular Hbond substituents is 2. The standard InChI is InChI=1S/C20H15N3O2/c1-2-23-19-10-16(25)7-8-17(19)18(9-13(11-21)12-22)20(23)14-3-5-15(24)6-4-14/h3-10,24-25H,2H2,1H3. The Labute approximate surface area is 144 Å². The average molecular weight is 329 g/mol. The van der Waals surface area contributed by atoms with Gasteiger partial charge in [-0.2, -0.15) is 10.5 Å². The van der Waals surface area contributed by atoms with Gasteiger partial charge in [0.25, 0.3) is 0 Å². The van der Waals surface area contributed by atoms with E-state index in [4.69, 9.17) is 10.5 Å². The number of hydrogen-bond acceptors (Lipinski definition) is 4. The van der Waals surface area contributed by atoms with Gasteiger partial charge in [0.1, 0.15) is 29.2 Å².